The Labute approximate surface area is 156 Å². The van der Waals surface area contributed by atoms with Gasteiger partial charge in [0, 0.05) is 33.0 Å². The van der Waals surface area contributed by atoms with E-state index in [1.54, 1.807) is 0 Å². The van der Waals surface area contributed by atoms with Gasteiger partial charge in [-0.15, -0.1) is 0 Å². The molecule has 4 spiro atoms. The maximum Gasteiger partial charge on any atom is 0.133 e. The third-order valence-electron chi connectivity index (χ3n) is 7.64. The second-order valence-electron chi connectivity index (χ2n) is 8.68. The highest BCUT2D eigenvalue weighted by Crippen LogP contribution is 2.66. The second-order valence-corrected chi connectivity index (χ2v) is 8.68. The molecule has 0 unspecified atom stereocenters. The zero-order valence-electron chi connectivity index (χ0n) is 15.8. The smallest absolute Gasteiger partial charge is 0.133 e. The van der Waals surface area contributed by atoms with Crippen molar-refractivity contribution in [3.05, 3.63) is 11.6 Å². The van der Waals surface area contributed by atoms with Gasteiger partial charge in [0.1, 0.15) is 22.4 Å². The maximum atomic E-state index is 9.49. The van der Waals surface area contributed by atoms with Crippen molar-refractivity contribution in [2.24, 2.45) is 0 Å². The summed E-state index contributed by atoms with van der Waals surface area (Å²) in [4.78, 5) is 0. The average Bonchev–Trinajstić information content (AvgIpc) is 3.44. The predicted octanol–water partition coefficient (Wildman–Crippen LogP) is 2.90. The Kier molecular flexibility index (Phi) is 4.26. The lowest BCUT2D eigenvalue weighted by molar-refractivity contribution is -0.298. The number of rotatable bonds is 3. The van der Waals surface area contributed by atoms with E-state index in [0.29, 0.717) is 0 Å². The van der Waals surface area contributed by atoms with Crippen molar-refractivity contribution < 1.29 is 24.1 Å². The molecule has 4 aliphatic heterocycles. The standard InChI is InChI=1S/C21H32O5/c22-11-1-6-17-16-18(7-2-12-23-18)20(9-4-14-25-20)21(10-5-15-26-21)19(17)8-3-13-24-19/h16,22H,1-15H2/t18-,19-,20+,21-/m1/s1. The molecule has 0 aromatic rings. The minimum Gasteiger partial charge on any atom is -0.396 e. The number of hydrogen-bond acceptors (Lipinski definition) is 5. The lowest BCUT2D eigenvalue weighted by Crippen LogP contribution is -2.77. The van der Waals surface area contributed by atoms with Crippen LogP contribution in [0, 0.1) is 0 Å². The van der Waals surface area contributed by atoms with Crippen LogP contribution in [0.3, 0.4) is 0 Å². The van der Waals surface area contributed by atoms with E-state index >= 15 is 0 Å². The molecule has 0 amide bonds. The lowest BCUT2D eigenvalue weighted by Gasteiger charge is -2.63. The molecule has 4 saturated heterocycles. The third-order valence-corrected chi connectivity index (χ3v) is 7.64. The van der Waals surface area contributed by atoms with Gasteiger partial charge in [-0.3, -0.25) is 0 Å². The van der Waals surface area contributed by atoms with Crippen molar-refractivity contribution in [1.29, 1.82) is 0 Å². The van der Waals surface area contributed by atoms with Gasteiger partial charge >= 0.3 is 0 Å². The molecular weight excluding hydrogens is 332 g/mol. The van der Waals surface area contributed by atoms with E-state index in [1.165, 1.54) is 5.57 Å². The molecule has 5 nitrogen and oxygen atoms in total. The molecule has 146 valence electrons. The summed E-state index contributed by atoms with van der Waals surface area (Å²) >= 11 is 0. The van der Waals surface area contributed by atoms with E-state index in [1.807, 2.05) is 0 Å². The predicted molar refractivity (Wildman–Crippen MR) is 96.1 cm³/mol. The zero-order chi connectivity index (χ0) is 17.7. The zero-order valence-corrected chi connectivity index (χ0v) is 15.8. The first-order valence-corrected chi connectivity index (χ1v) is 10.6. The van der Waals surface area contributed by atoms with E-state index in [2.05, 4.69) is 6.08 Å². The second kappa shape index (κ2) is 6.28. The Bertz CT molecular complexity index is 559. The Morgan fingerprint density at radius 3 is 2.00 bits per heavy atom. The monoisotopic (exact) mass is 364 g/mol. The number of fused-ring (bicyclic) bond motifs is 3. The number of aliphatic hydroxyl groups is 1. The van der Waals surface area contributed by atoms with Crippen LogP contribution in [0.1, 0.15) is 64.2 Å². The van der Waals surface area contributed by atoms with Gasteiger partial charge < -0.3 is 24.1 Å². The van der Waals surface area contributed by atoms with E-state index in [9.17, 15) is 5.11 Å². The molecule has 1 N–H and O–H groups in total. The van der Waals surface area contributed by atoms with E-state index in [4.69, 9.17) is 18.9 Å². The number of aliphatic hydroxyl groups excluding tert-OH is 1. The summed E-state index contributed by atoms with van der Waals surface area (Å²) in [5, 5.41) is 9.49. The van der Waals surface area contributed by atoms with Crippen LogP contribution in [0.5, 0.6) is 0 Å². The van der Waals surface area contributed by atoms with Gasteiger partial charge in [-0.05, 0) is 75.9 Å². The van der Waals surface area contributed by atoms with Crippen LogP contribution in [-0.2, 0) is 18.9 Å². The molecule has 5 heteroatoms. The summed E-state index contributed by atoms with van der Waals surface area (Å²) in [6.07, 6.45) is 12.2. The van der Waals surface area contributed by atoms with Crippen molar-refractivity contribution in [3.63, 3.8) is 0 Å². The van der Waals surface area contributed by atoms with Crippen LogP contribution in [0.15, 0.2) is 11.6 Å². The van der Waals surface area contributed by atoms with Crippen molar-refractivity contribution >= 4 is 0 Å². The van der Waals surface area contributed by atoms with E-state index in [0.717, 1.165) is 90.6 Å². The fraction of sp³-hybridized carbons (Fsp3) is 0.905. The fourth-order valence-corrected chi connectivity index (χ4v) is 6.86. The van der Waals surface area contributed by atoms with Crippen LogP contribution in [0.25, 0.3) is 0 Å². The molecule has 4 fully saturated rings. The molecule has 5 aliphatic rings. The third kappa shape index (κ3) is 1.99. The first kappa shape index (κ1) is 17.6. The van der Waals surface area contributed by atoms with Crippen molar-refractivity contribution in [3.8, 4) is 0 Å². The summed E-state index contributed by atoms with van der Waals surface area (Å²) < 4.78 is 26.5. The van der Waals surface area contributed by atoms with Gasteiger partial charge in [0.25, 0.3) is 0 Å². The lowest BCUT2D eigenvalue weighted by atomic mass is 9.53. The maximum absolute atomic E-state index is 9.49. The summed E-state index contributed by atoms with van der Waals surface area (Å²) in [6.45, 7) is 3.34. The highest BCUT2D eigenvalue weighted by Gasteiger charge is 2.78. The molecule has 0 aromatic heterocycles. The van der Waals surface area contributed by atoms with Crippen LogP contribution < -0.4 is 0 Å². The van der Waals surface area contributed by atoms with Crippen molar-refractivity contribution in [2.45, 2.75) is 86.6 Å². The van der Waals surface area contributed by atoms with E-state index < -0.39 is 22.4 Å². The van der Waals surface area contributed by atoms with Crippen LogP contribution in [0.4, 0.5) is 0 Å². The summed E-state index contributed by atoms with van der Waals surface area (Å²) in [7, 11) is 0. The molecule has 4 atom stereocenters. The molecule has 0 aromatic carbocycles. The normalized spacial score (nSPS) is 47.8. The summed E-state index contributed by atoms with van der Waals surface area (Å²) in [6, 6.07) is 0. The molecule has 5 rings (SSSR count). The highest BCUT2D eigenvalue weighted by atomic mass is 16.6. The molecule has 26 heavy (non-hydrogen) atoms. The highest BCUT2D eigenvalue weighted by molar-refractivity contribution is 5.44. The largest absolute Gasteiger partial charge is 0.396 e. The molecular formula is C21H32O5. The number of hydrogen-bond donors (Lipinski definition) is 1. The van der Waals surface area contributed by atoms with Gasteiger partial charge in [0.15, 0.2) is 0 Å². The Morgan fingerprint density at radius 1 is 0.769 bits per heavy atom. The van der Waals surface area contributed by atoms with Gasteiger partial charge in [-0.25, -0.2) is 0 Å². The topological polar surface area (TPSA) is 57.2 Å². The van der Waals surface area contributed by atoms with Crippen LogP contribution in [0.2, 0.25) is 0 Å². The Morgan fingerprint density at radius 2 is 1.42 bits per heavy atom. The van der Waals surface area contributed by atoms with Crippen LogP contribution >= 0.6 is 0 Å². The Hall–Kier alpha value is -0.460. The van der Waals surface area contributed by atoms with E-state index in [-0.39, 0.29) is 6.61 Å². The van der Waals surface area contributed by atoms with Gasteiger partial charge in [-0.1, -0.05) is 0 Å². The minimum absolute atomic E-state index is 0.205. The number of ether oxygens (including phenoxy) is 4. The summed E-state index contributed by atoms with van der Waals surface area (Å²) in [5.41, 5.74) is -0.374. The van der Waals surface area contributed by atoms with Gasteiger partial charge in [0.2, 0.25) is 0 Å². The van der Waals surface area contributed by atoms with Crippen LogP contribution in [-0.4, -0.2) is 60.5 Å². The average molecular weight is 364 g/mol. The fourth-order valence-electron chi connectivity index (χ4n) is 6.86. The molecule has 0 saturated carbocycles. The van der Waals surface area contributed by atoms with Crippen molar-refractivity contribution in [2.75, 3.05) is 33.0 Å². The first-order chi connectivity index (χ1) is 12.7. The van der Waals surface area contributed by atoms with Gasteiger partial charge in [0.05, 0.1) is 0 Å². The van der Waals surface area contributed by atoms with Crippen molar-refractivity contribution in [1.82, 2.24) is 0 Å². The molecule has 0 radical (unpaired) electrons. The first-order valence-electron chi connectivity index (χ1n) is 10.6. The van der Waals surface area contributed by atoms with Gasteiger partial charge in [-0.2, -0.15) is 0 Å². The summed E-state index contributed by atoms with van der Waals surface area (Å²) in [5.74, 6) is 0. The SMILES string of the molecule is OCCCC1=C[C@]2(CCCO2)[C@@]2(CCCO2)[C@@]2(CCCO2)[C@@]12CCCO2. The minimum atomic E-state index is -0.448. The molecule has 1 aliphatic carbocycles. The molecule has 0 bridgehead atoms. The molecule has 4 heterocycles. The Balaban J connectivity index is 1.73. The quantitative estimate of drug-likeness (QED) is 0.781.